The maximum atomic E-state index is 12.4. The number of hydrogen-bond donors (Lipinski definition) is 0. The third-order valence-electron chi connectivity index (χ3n) is 5.46. The Hall–Kier alpha value is -3.52. The second-order valence-corrected chi connectivity index (χ2v) is 8.50. The lowest BCUT2D eigenvalue weighted by atomic mass is 9.99. The van der Waals surface area contributed by atoms with Crippen LogP contribution in [0.1, 0.15) is 22.8 Å². The maximum Gasteiger partial charge on any atom is 0.573 e. The summed E-state index contributed by atoms with van der Waals surface area (Å²) in [4.78, 5) is 16.1. The monoisotopic (exact) mass is 470 g/mol. The zero-order valence-electron chi connectivity index (χ0n) is 18.9. The van der Waals surface area contributed by atoms with Crippen molar-refractivity contribution in [3.63, 3.8) is 0 Å². The van der Waals surface area contributed by atoms with Crippen molar-refractivity contribution in [1.82, 2.24) is 9.80 Å². The summed E-state index contributed by atoms with van der Waals surface area (Å²) in [6.07, 6.45) is -5.62. The van der Waals surface area contributed by atoms with Gasteiger partial charge in [-0.05, 0) is 60.1 Å². The topological polar surface area (TPSA) is 42.0 Å². The standard InChI is InChI=1S/C26H25F3N2O3/c1-30(2)15-18-6-10-20(11-7-18)21-4-3-5-22(14-21)24-17-31(25(32)33-24)16-19-8-12-23(13-9-19)34-26(27,28)29/h3-14,24H,15-17H2,1-2H3. The van der Waals surface area contributed by atoms with Crippen molar-refractivity contribution in [3.05, 3.63) is 89.5 Å². The molecule has 178 valence electrons. The lowest BCUT2D eigenvalue weighted by Gasteiger charge is -2.14. The fourth-order valence-corrected chi connectivity index (χ4v) is 3.91. The number of nitrogens with zero attached hydrogens (tertiary/aromatic N) is 2. The first-order valence-corrected chi connectivity index (χ1v) is 10.8. The predicted octanol–water partition coefficient (Wildman–Crippen LogP) is 6.01. The van der Waals surface area contributed by atoms with Gasteiger partial charge in [0.1, 0.15) is 11.9 Å². The van der Waals surface area contributed by atoms with Crippen molar-refractivity contribution >= 4 is 6.09 Å². The van der Waals surface area contributed by atoms with E-state index in [0.717, 1.165) is 23.2 Å². The molecule has 1 aliphatic rings. The van der Waals surface area contributed by atoms with Gasteiger partial charge in [-0.2, -0.15) is 0 Å². The Labute approximate surface area is 196 Å². The molecule has 1 amide bonds. The Balaban J connectivity index is 1.42. The zero-order valence-corrected chi connectivity index (χ0v) is 18.9. The van der Waals surface area contributed by atoms with Gasteiger partial charge >= 0.3 is 12.5 Å². The molecule has 1 saturated heterocycles. The molecule has 1 unspecified atom stereocenters. The van der Waals surface area contributed by atoms with Crippen molar-refractivity contribution in [1.29, 1.82) is 0 Å². The smallest absolute Gasteiger partial charge is 0.439 e. The van der Waals surface area contributed by atoms with Gasteiger partial charge < -0.3 is 14.4 Å². The summed E-state index contributed by atoms with van der Waals surface area (Å²) in [6.45, 7) is 1.45. The minimum absolute atomic E-state index is 0.231. The number of alkyl halides is 3. The number of halogens is 3. The van der Waals surface area contributed by atoms with Crippen LogP contribution in [-0.4, -0.2) is 42.9 Å². The van der Waals surface area contributed by atoms with Crippen LogP contribution in [0.4, 0.5) is 18.0 Å². The second kappa shape index (κ2) is 9.77. The number of benzene rings is 3. The van der Waals surface area contributed by atoms with E-state index < -0.39 is 18.6 Å². The fourth-order valence-electron chi connectivity index (χ4n) is 3.91. The second-order valence-electron chi connectivity index (χ2n) is 8.50. The third-order valence-corrected chi connectivity index (χ3v) is 5.46. The summed E-state index contributed by atoms with van der Waals surface area (Å²) in [5, 5.41) is 0. The Morgan fingerprint density at radius 2 is 1.65 bits per heavy atom. The number of hydrogen-bond acceptors (Lipinski definition) is 4. The first-order valence-electron chi connectivity index (χ1n) is 10.8. The highest BCUT2D eigenvalue weighted by molar-refractivity contribution is 5.71. The molecule has 0 bridgehead atoms. The molecular formula is C26H25F3N2O3. The molecule has 0 aliphatic carbocycles. The van der Waals surface area contributed by atoms with Gasteiger partial charge in [-0.3, -0.25) is 4.90 Å². The van der Waals surface area contributed by atoms with Gasteiger partial charge in [-0.1, -0.05) is 54.6 Å². The van der Waals surface area contributed by atoms with Crippen LogP contribution in [0.15, 0.2) is 72.8 Å². The molecule has 1 heterocycles. The average Bonchev–Trinajstić information content (AvgIpc) is 3.14. The first kappa shape index (κ1) is 23.6. The Bertz CT molecular complexity index is 1130. The molecule has 1 aliphatic heterocycles. The molecule has 1 atom stereocenters. The van der Waals surface area contributed by atoms with Gasteiger partial charge in [0.05, 0.1) is 6.54 Å². The number of rotatable bonds is 7. The normalized spacial score (nSPS) is 16.1. The van der Waals surface area contributed by atoms with Gasteiger partial charge in [0.15, 0.2) is 0 Å². The quantitative estimate of drug-likeness (QED) is 0.424. The van der Waals surface area contributed by atoms with Gasteiger partial charge in [0, 0.05) is 13.1 Å². The van der Waals surface area contributed by atoms with Crippen LogP contribution in [0.25, 0.3) is 11.1 Å². The Kier molecular flexibility index (Phi) is 6.79. The van der Waals surface area contributed by atoms with E-state index in [9.17, 15) is 18.0 Å². The van der Waals surface area contributed by atoms with Crippen LogP contribution < -0.4 is 4.74 Å². The summed E-state index contributed by atoms with van der Waals surface area (Å²) in [5.41, 5.74) is 4.90. The van der Waals surface area contributed by atoms with E-state index in [4.69, 9.17) is 4.74 Å². The minimum atomic E-state index is -4.74. The molecule has 0 aromatic heterocycles. The molecule has 3 aromatic carbocycles. The van der Waals surface area contributed by atoms with Crippen LogP contribution in [0.5, 0.6) is 5.75 Å². The van der Waals surface area contributed by atoms with E-state index in [1.807, 2.05) is 38.4 Å². The molecular weight excluding hydrogens is 445 g/mol. The molecule has 0 N–H and O–H groups in total. The summed E-state index contributed by atoms with van der Waals surface area (Å²) in [5.74, 6) is -0.301. The van der Waals surface area contributed by atoms with E-state index in [1.165, 1.54) is 34.7 Å². The van der Waals surface area contributed by atoms with Gasteiger partial charge in [-0.15, -0.1) is 13.2 Å². The molecule has 0 spiro atoms. The van der Waals surface area contributed by atoms with Crippen molar-refractivity contribution in [2.75, 3.05) is 20.6 Å². The predicted molar refractivity (Wildman–Crippen MR) is 122 cm³/mol. The number of cyclic esters (lactones) is 1. The van der Waals surface area contributed by atoms with Crippen molar-refractivity contribution < 1.29 is 27.4 Å². The average molecular weight is 470 g/mol. The van der Waals surface area contributed by atoms with E-state index in [2.05, 4.69) is 33.9 Å². The van der Waals surface area contributed by atoms with Crippen molar-refractivity contribution in [2.24, 2.45) is 0 Å². The van der Waals surface area contributed by atoms with Crippen molar-refractivity contribution in [3.8, 4) is 16.9 Å². The number of ether oxygens (including phenoxy) is 2. The van der Waals surface area contributed by atoms with Gasteiger partial charge in [-0.25, -0.2) is 4.79 Å². The highest BCUT2D eigenvalue weighted by atomic mass is 19.4. The Morgan fingerprint density at radius 3 is 2.29 bits per heavy atom. The summed E-state index contributed by atoms with van der Waals surface area (Å²) < 4.78 is 46.5. The summed E-state index contributed by atoms with van der Waals surface area (Å²) >= 11 is 0. The van der Waals surface area contributed by atoms with Crippen LogP contribution in [-0.2, 0) is 17.8 Å². The SMILES string of the molecule is CN(C)Cc1ccc(-c2cccc(C3CN(Cc4ccc(OC(F)(F)F)cc4)C(=O)O3)c2)cc1. The third kappa shape index (κ3) is 6.08. The van der Waals surface area contributed by atoms with E-state index in [1.54, 1.807) is 0 Å². The molecule has 5 nitrogen and oxygen atoms in total. The molecule has 0 saturated carbocycles. The summed E-state index contributed by atoms with van der Waals surface area (Å²) in [7, 11) is 4.06. The lowest BCUT2D eigenvalue weighted by Crippen LogP contribution is -2.23. The van der Waals surface area contributed by atoms with Gasteiger partial charge in [0.2, 0.25) is 0 Å². The number of carbonyl (C=O) groups excluding carboxylic acids is 1. The highest BCUT2D eigenvalue weighted by Crippen LogP contribution is 2.31. The highest BCUT2D eigenvalue weighted by Gasteiger charge is 2.33. The van der Waals surface area contributed by atoms with Gasteiger partial charge in [0.25, 0.3) is 0 Å². The van der Waals surface area contributed by atoms with E-state index in [0.29, 0.717) is 12.1 Å². The van der Waals surface area contributed by atoms with Crippen LogP contribution in [0.2, 0.25) is 0 Å². The largest absolute Gasteiger partial charge is 0.573 e. The maximum absolute atomic E-state index is 12.4. The molecule has 3 aromatic rings. The van der Waals surface area contributed by atoms with Crippen LogP contribution >= 0.6 is 0 Å². The molecule has 8 heteroatoms. The zero-order chi connectivity index (χ0) is 24.3. The Morgan fingerprint density at radius 1 is 0.971 bits per heavy atom. The lowest BCUT2D eigenvalue weighted by molar-refractivity contribution is -0.274. The van der Waals surface area contributed by atoms with E-state index in [-0.39, 0.29) is 12.3 Å². The van der Waals surface area contributed by atoms with Crippen LogP contribution in [0, 0.1) is 0 Å². The fraction of sp³-hybridized carbons (Fsp3) is 0.269. The molecule has 4 rings (SSSR count). The minimum Gasteiger partial charge on any atom is -0.439 e. The number of amides is 1. The molecule has 0 radical (unpaired) electrons. The van der Waals surface area contributed by atoms with Crippen molar-refractivity contribution in [2.45, 2.75) is 25.6 Å². The molecule has 1 fully saturated rings. The van der Waals surface area contributed by atoms with Crippen LogP contribution in [0.3, 0.4) is 0 Å². The number of carbonyl (C=O) groups is 1. The first-order chi connectivity index (χ1) is 16.2. The van der Waals surface area contributed by atoms with E-state index >= 15 is 0 Å². The molecule has 34 heavy (non-hydrogen) atoms. The summed E-state index contributed by atoms with van der Waals surface area (Å²) in [6, 6.07) is 21.7.